The Hall–Kier alpha value is -2.80. The van der Waals surface area contributed by atoms with Crippen LogP contribution < -0.4 is 10.1 Å². The number of nitrogens with one attached hydrogen (secondary N) is 1. The third-order valence-electron chi connectivity index (χ3n) is 4.09. The van der Waals surface area contributed by atoms with Crippen LogP contribution in [0.25, 0.3) is 11.4 Å². The summed E-state index contributed by atoms with van der Waals surface area (Å²) >= 11 is 1.37. The Bertz CT molecular complexity index is 896. The zero-order valence-corrected chi connectivity index (χ0v) is 16.2. The lowest BCUT2D eigenvalue weighted by atomic mass is 10.1. The van der Waals surface area contributed by atoms with Gasteiger partial charge in [-0.25, -0.2) is 0 Å². The lowest BCUT2D eigenvalue weighted by Crippen LogP contribution is -2.27. The molecule has 2 aromatic carbocycles. The highest BCUT2D eigenvalue weighted by Crippen LogP contribution is 2.29. The Morgan fingerprint density at radius 1 is 1.11 bits per heavy atom. The first kappa shape index (κ1) is 19.0. The van der Waals surface area contributed by atoms with E-state index < -0.39 is 0 Å². The summed E-state index contributed by atoms with van der Waals surface area (Å²) < 4.78 is 7.27. The maximum Gasteiger partial charge on any atom is 0.230 e. The normalized spacial score (nSPS) is 10.6. The number of para-hydroxylation sites is 1. The zero-order chi connectivity index (χ0) is 19.1. The molecule has 7 heteroatoms. The van der Waals surface area contributed by atoms with Crippen molar-refractivity contribution in [2.45, 2.75) is 11.6 Å². The van der Waals surface area contributed by atoms with Crippen LogP contribution in [0.4, 0.5) is 0 Å². The molecule has 0 saturated heterocycles. The first-order valence-electron chi connectivity index (χ1n) is 8.65. The minimum Gasteiger partial charge on any atom is -0.496 e. The number of carbonyl (C=O) groups excluding carboxylic acids is 1. The fourth-order valence-electron chi connectivity index (χ4n) is 2.68. The quantitative estimate of drug-likeness (QED) is 0.607. The van der Waals surface area contributed by atoms with E-state index in [2.05, 4.69) is 27.6 Å². The number of methoxy groups -OCH3 is 1. The molecular weight excluding hydrogens is 360 g/mol. The molecular formula is C20H22N4O2S. The maximum atomic E-state index is 12.1. The monoisotopic (exact) mass is 382 g/mol. The van der Waals surface area contributed by atoms with Gasteiger partial charge < -0.3 is 14.6 Å². The molecule has 1 N–H and O–H groups in total. The van der Waals surface area contributed by atoms with E-state index in [0.717, 1.165) is 17.7 Å². The number of nitrogens with zero attached hydrogens (tertiary/aromatic N) is 3. The van der Waals surface area contributed by atoms with E-state index in [4.69, 9.17) is 4.74 Å². The van der Waals surface area contributed by atoms with Crippen LogP contribution in [0.15, 0.2) is 59.8 Å². The van der Waals surface area contributed by atoms with Gasteiger partial charge in [-0.3, -0.25) is 4.79 Å². The summed E-state index contributed by atoms with van der Waals surface area (Å²) in [5, 5.41) is 12.1. The number of hydrogen-bond acceptors (Lipinski definition) is 5. The van der Waals surface area contributed by atoms with Crippen LogP contribution in [0.5, 0.6) is 5.75 Å². The second-order valence-corrected chi connectivity index (χ2v) is 6.88. The first-order valence-corrected chi connectivity index (χ1v) is 9.64. The third-order valence-corrected chi connectivity index (χ3v) is 5.11. The second kappa shape index (κ2) is 9.23. The van der Waals surface area contributed by atoms with Gasteiger partial charge in [0, 0.05) is 13.6 Å². The van der Waals surface area contributed by atoms with Crippen LogP contribution >= 0.6 is 11.8 Å². The van der Waals surface area contributed by atoms with Gasteiger partial charge in [0.05, 0.1) is 18.4 Å². The Morgan fingerprint density at radius 2 is 1.85 bits per heavy atom. The van der Waals surface area contributed by atoms with Gasteiger partial charge in [0.1, 0.15) is 5.75 Å². The van der Waals surface area contributed by atoms with Crippen LogP contribution in [-0.2, 0) is 18.3 Å². The average Bonchev–Trinajstić information content (AvgIpc) is 3.07. The zero-order valence-electron chi connectivity index (χ0n) is 15.4. The molecule has 0 atom stereocenters. The summed E-state index contributed by atoms with van der Waals surface area (Å²) in [7, 11) is 3.52. The topological polar surface area (TPSA) is 69.0 Å². The Morgan fingerprint density at radius 3 is 2.63 bits per heavy atom. The Balaban J connectivity index is 1.54. The molecule has 27 heavy (non-hydrogen) atoms. The summed E-state index contributed by atoms with van der Waals surface area (Å²) in [6.07, 6.45) is 0.819. The largest absolute Gasteiger partial charge is 0.496 e. The Kier molecular flexibility index (Phi) is 6.49. The van der Waals surface area contributed by atoms with Crippen molar-refractivity contribution >= 4 is 17.7 Å². The molecule has 0 aliphatic heterocycles. The third kappa shape index (κ3) is 4.89. The lowest BCUT2D eigenvalue weighted by molar-refractivity contribution is -0.118. The van der Waals surface area contributed by atoms with Crippen LogP contribution in [-0.4, -0.2) is 40.1 Å². The summed E-state index contributed by atoms with van der Waals surface area (Å²) in [5.74, 6) is 1.73. The molecule has 0 saturated carbocycles. The van der Waals surface area contributed by atoms with Crippen molar-refractivity contribution in [3.63, 3.8) is 0 Å². The van der Waals surface area contributed by atoms with E-state index in [1.807, 2.05) is 54.1 Å². The first-order chi connectivity index (χ1) is 13.2. The van der Waals surface area contributed by atoms with E-state index in [1.54, 1.807) is 7.11 Å². The Labute approximate surface area is 163 Å². The number of hydrogen-bond donors (Lipinski definition) is 1. The van der Waals surface area contributed by atoms with E-state index in [-0.39, 0.29) is 5.91 Å². The number of carbonyl (C=O) groups is 1. The number of benzene rings is 2. The van der Waals surface area contributed by atoms with Crippen LogP contribution in [0.3, 0.4) is 0 Å². The van der Waals surface area contributed by atoms with E-state index in [9.17, 15) is 4.79 Å². The van der Waals surface area contributed by atoms with E-state index in [0.29, 0.717) is 23.3 Å². The fourth-order valence-corrected chi connectivity index (χ4v) is 3.42. The summed E-state index contributed by atoms with van der Waals surface area (Å²) in [6.45, 7) is 0.620. The number of thioether (sulfide) groups is 1. The summed E-state index contributed by atoms with van der Waals surface area (Å²) in [6, 6.07) is 17.8. The molecule has 6 nitrogen and oxygen atoms in total. The minimum atomic E-state index is -0.0160. The van der Waals surface area contributed by atoms with Crippen molar-refractivity contribution in [2.75, 3.05) is 19.4 Å². The molecule has 140 valence electrons. The van der Waals surface area contributed by atoms with Gasteiger partial charge in [-0.1, -0.05) is 54.2 Å². The smallest absolute Gasteiger partial charge is 0.230 e. The van der Waals surface area contributed by atoms with Gasteiger partial charge in [0.2, 0.25) is 5.91 Å². The SMILES string of the molecule is COc1ccccc1-c1nnc(SCC(=O)NCCc2ccccc2)n1C. The molecule has 1 aromatic heterocycles. The highest BCUT2D eigenvalue weighted by Gasteiger charge is 2.15. The summed E-state index contributed by atoms with van der Waals surface area (Å²) in [5.41, 5.74) is 2.08. The van der Waals surface area contributed by atoms with E-state index >= 15 is 0 Å². The minimum absolute atomic E-state index is 0.0160. The van der Waals surface area contributed by atoms with Crippen molar-refractivity contribution in [1.29, 1.82) is 0 Å². The average molecular weight is 382 g/mol. The van der Waals surface area contributed by atoms with Gasteiger partial charge in [-0.05, 0) is 24.1 Å². The van der Waals surface area contributed by atoms with Crippen LogP contribution in [0.2, 0.25) is 0 Å². The van der Waals surface area contributed by atoms with E-state index in [1.165, 1.54) is 17.3 Å². The molecule has 0 radical (unpaired) electrons. The second-order valence-electron chi connectivity index (χ2n) is 5.94. The molecule has 0 spiro atoms. The van der Waals surface area contributed by atoms with Crippen molar-refractivity contribution in [3.8, 4) is 17.1 Å². The number of amides is 1. The predicted octanol–water partition coefficient (Wildman–Crippen LogP) is 2.94. The maximum absolute atomic E-state index is 12.1. The molecule has 1 heterocycles. The van der Waals surface area contributed by atoms with Crippen LogP contribution in [0.1, 0.15) is 5.56 Å². The van der Waals surface area contributed by atoms with Gasteiger partial charge >= 0.3 is 0 Å². The molecule has 0 bridgehead atoms. The molecule has 0 aliphatic rings. The number of rotatable bonds is 8. The standard InChI is InChI=1S/C20H22N4O2S/c1-24-19(16-10-6-7-11-17(16)26-2)22-23-20(24)27-14-18(25)21-13-12-15-8-4-3-5-9-15/h3-11H,12-14H2,1-2H3,(H,21,25). The van der Waals surface area contributed by atoms with Gasteiger partial charge in [0.25, 0.3) is 0 Å². The fraction of sp³-hybridized carbons (Fsp3) is 0.250. The lowest BCUT2D eigenvalue weighted by Gasteiger charge is -2.08. The predicted molar refractivity (Wildman–Crippen MR) is 107 cm³/mol. The molecule has 3 aromatic rings. The molecule has 0 fully saturated rings. The van der Waals surface area contributed by atoms with Gasteiger partial charge in [0.15, 0.2) is 11.0 Å². The van der Waals surface area contributed by atoms with Crippen LogP contribution in [0, 0.1) is 0 Å². The summed E-state index contributed by atoms with van der Waals surface area (Å²) in [4.78, 5) is 12.1. The molecule has 3 rings (SSSR count). The van der Waals surface area contributed by atoms with Gasteiger partial charge in [-0.2, -0.15) is 0 Å². The van der Waals surface area contributed by atoms with Crippen molar-refractivity contribution in [2.24, 2.45) is 7.05 Å². The highest BCUT2D eigenvalue weighted by molar-refractivity contribution is 7.99. The van der Waals surface area contributed by atoms with Crippen molar-refractivity contribution in [1.82, 2.24) is 20.1 Å². The molecule has 0 aliphatic carbocycles. The molecule has 1 amide bonds. The number of ether oxygens (including phenoxy) is 1. The number of aromatic nitrogens is 3. The highest BCUT2D eigenvalue weighted by atomic mass is 32.2. The van der Waals surface area contributed by atoms with Crippen molar-refractivity contribution < 1.29 is 9.53 Å². The molecule has 0 unspecified atom stereocenters. The van der Waals surface area contributed by atoms with Crippen molar-refractivity contribution in [3.05, 3.63) is 60.2 Å². The van der Waals surface area contributed by atoms with Gasteiger partial charge in [-0.15, -0.1) is 10.2 Å².